The molecule has 0 aromatic rings. The predicted molar refractivity (Wildman–Crippen MR) is 96.5 cm³/mol. The van der Waals surface area contributed by atoms with Crippen molar-refractivity contribution in [3.8, 4) is 23.7 Å². The van der Waals surface area contributed by atoms with E-state index in [0.29, 0.717) is 5.78 Å². The number of Topliss-reactive ketones (excluding diaryl/α,β-unsaturated/α-hetero) is 1. The van der Waals surface area contributed by atoms with Crippen LogP contribution in [0, 0.1) is 23.7 Å². The molecule has 0 fully saturated rings. The molecule has 0 N–H and O–H groups in total. The van der Waals surface area contributed by atoms with Crippen molar-refractivity contribution in [3.63, 3.8) is 0 Å². The summed E-state index contributed by atoms with van der Waals surface area (Å²) in [5, 5.41) is 0. The molecule has 0 aromatic carbocycles. The summed E-state index contributed by atoms with van der Waals surface area (Å²) in [4.78, 5) is 11.8. The molecule has 0 saturated heterocycles. The normalized spacial score (nSPS) is 9.55. The van der Waals surface area contributed by atoms with Crippen molar-refractivity contribution in [2.24, 2.45) is 0 Å². The van der Waals surface area contributed by atoms with Crippen molar-refractivity contribution in [3.05, 3.63) is 0 Å². The summed E-state index contributed by atoms with van der Waals surface area (Å²) in [6, 6.07) is 0. The van der Waals surface area contributed by atoms with Crippen LogP contribution in [0.3, 0.4) is 0 Å². The highest BCUT2D eigenvalue weighted by molar-refractivity contribution is 5.78. The number of carbonyl (C=O) groups excluding carboxylic acids is 1. The minimum atomic E-state index is 0.466. The summed E-state index contributed by atoms with van der Waals surface area (Å²) >= 11 is 0. The first-order valence-corrected chi connectivity index (χ1v) is 9.12. The van der Waals surface area contributed by atoms with Crippen LogP contribution in [0.1, 0.15) is 104 Å². The van der Waals surface area contributed by atoms with Gasteiger partial charge in [0.15, 0.2) is 0 Å². The Bertz CT molecular complexity index is 336. The van der Waals surface area contributed by atoms with Gasteiger partial charge in [-0.1, -0.05) is 38.5 Å². The van der Waals surface area contributed by atoms with Gasteiger partial charge in [-0.2, -0.15) is 0 Å². The van der Waals surface area contributed by atoms with Gasteiger partial charge in [0.1, 0.15) is 5.78 Å². The van der Waals surface area contributed by atoms with E-state index < -0.39 is 0 Å². The molecule has 1 nitrogen and oxygen atoms in total. The number of carbonyl (C=O) groups is 1. The molecular weight excluding hydrogens is 268 g/mol. The summed E-state index contributed by atoms with van der Waals surface area (Å²) in [7, 11) is 0. The molecule has 22 heavy (non-hydrogen) atoms. The van der Waals surface area contributed by atoms with Gasteiger partial charge in [0.05, 0.1) is 0 Å². The van der Waals surface area contributed by atoms with E-state index in [1.807, 2.05) is 13.8 Å². The first-order valence-electron chi connectivity index (χ1n) is 9.12. The van der Waals surface area contributed by atoms with E-state index in [1.165, 1.54) is 51.4 Å². The molecule has 0 aliphatic heterocycles. The minimum absolute atomic E-state index is 0.466. The monoisotopic (exact) mass is 302 g/mol. The van der Waals surface area contributed by atoms with E-state index in [1.54, 1.807) is 0 Å². The van der Waals surface area contributed by atoms with Crippen LogP contribution in [-0.4, -0.2) is 5.78 Å². The topological polar surface area (TPSA) is 17.1 Å². The van der Waals surface area contributed by atoms with Crippen molar-refractivity contribution in [1.29, 1.82) is 0 Å². The SMILES string of the molecule is CC#CCCCCCCCC(=O)CCCCCCCC#CC. The van der Waals surface area contributed by atoms with Crippen molar-refractivity contribution in [2.75, 3.05) is 0 Å². The molecule has 0 atom stereocenters. The second-order valence-electron chi connectivity index (χ2n) is 5.93. The van der Waals surface area contributed by atoms with E-state index in [0.717, 1.165) is 38.5 Å². The van der Waals surface area contributed by atoms with Gasteiger partial charge in [0.2, 0.25) is 0 Å². The first kappa shape index (κ1) is 20.8. The van der Waals surface area contributed by atoms with E-state index >= 15 is 0 Å². The quantitative estimate of drug-likeness (QED) is 0.281. The smallest absolute Gasteiger partial charge is 0.132 e. The number of ketones is 1. The molecule has 0 unspecified atom stereocenters. The molecule has 1 heteroatoms. The van der Waals surface area contributed by atoms with Crippen LogP contribution in [0.5, 0.6) is 0 Å². The Morgan fingerprint density at radius 3 is 1.36 bits per heavy atom. The fourth-order valence-electron chi connectivity index (χ4n) is 2.51. The average molecular weight is 303 g/mol. The number of hydrogen-bond acceptors (Lipinski definition) is 1. The molecule has 0 radical (unpaired) electrons. The third-order valence-electron chi connectivity index (χ3n) is 3.87. The maximum atomic E-state index is 11.8. The van der Waals surface area contributed by atoms with Gasteiger partial charge in [-0.3, -0.25) is 4.79 Å². The first-order chi connectivity index (χ1) is 10.8. The maximum Gasteiger partial charge on any atom is 0.132 e. The summed E-state index contributed by atoms with van der Waals surface area (Å²) in [6.45, 7) is 3.79. The van der Waals surface area contributed by atoms with E-state index in [-0.39, 0.29) is 0 Å². The Kier molecular flexibility index (Phi) is 16.9. The highest BCUT2D eigenvalue weighted by Crippen LogP contribution is 2.11. The molecule has 124 valence electrons. The second kappa shape index (κ2) is 17.8. The van der Waals surface area contributed by atoms with Crippen LogP contribution >= 0.6 is 0 Å². The van der Waals surface area contributed by atoms with Crippen LogP contribution < -0.4 is 0 Å². The molecule has 0 bridgehead atoms. The van der Waals surface area contributed by atoms with Crippen LogP contribution in [0.25, 0.3) is 0 Å². The zero-order valence-electron chi connectivity index (χ0n) is 14.8. The summed E-state index contributed by atoms with van der Waals surface area (Å²) in [5.41, 5.74) is 0. The van der Waals surface area contributed by atoms with Crippen molar-refractivity contribution in [1.82, 2.24) is 0 Å². The lowest BCUT2D eigenvalue weighted by Crippen LogP contribution is -1.97. The molecule has 0 rings (SSSR count). The van der Waals surface area contributed by atoms with Gasteiger partial charge in [0.25, 0.3) is 0 Å². The third kappa shape index (κ3) is 16.8. The fraction of sp³-hybridized carbons (Fsp3) is 0.762. The van der Waals surface area contributed by atoms with E-state index in [4.69, 9.17) is 0 Å². The molecule has 0 aliphatic carbocycles. The van der Waals surface area contributed by atoms with Gasteiger partial charge < -0.3 is 0 Å². The van der Waals surface area contributed by atoms with Gasteiger partial charge in [-0.25, -0.2) is 0 Å². The third-order valence-corrected chi connectivity index (χ3v) is 3.87. The zero-order chi connectivity index (χ0) is 16.3. The molecule has 0 spiro atoms. The van der Waals surface area contributed by atoms with Crippen molar-refractivity contribution >= 4 is 5.78 Å². The van der Waals surface area contributed by atoms with E-state index in [2.05, 4.69) is 23.7 Å². The predicted octanol–water partition coefficient (Wildman–Crippen LogP) is 6.06. The molecule has 0 saturated carbocycles. The van der Waals surface area contributed by atoms with Crippen LogP contribution in [0.4, 0.5) is 0 Å². The lowest BCUT2D eigenvalue weighted by Gasteiger charge is -2.02. The molecule has 0 amide bonds. The zero-order valence-corrected chi connectivity index (χ0v) is 14.8. The molecule has 0 aromatic heterocycles. The average Bonchev–Trinajstić information content (AvgIpc) is 2.52. The highest BCUT2D eigenvalue weighted by atomic mass is 16.1. The molecule has 0 heterocycles. The molecular formula is C21H34O. The summed E-state index contributed by atoms with van der Waals surface area (Å²) in [6.07, 6.45) is 15.6. The van der Waals surface area contributed by atoms with Gasteiger partial charge >= 0.3 is 0 Å². The Morgan fingerprint density at radius 2 is 0.955 bits per heavy atom. The van der Waals surface area contributed by atoms with Gasteiger partial charge in [-0.05, 0) is 39.5 Å². The second-order valence-corrected chi connectivity index (χ2v) is 5.93. The summed E-state index contributed by atoms with van der Waals surface area (Å²) in [5.74, 6) is 12.5. The standard InChI is InChI=1S/C21H34O/c1-3-5-7-9-11-13-15-17-19-21(22)20-18-16-14-12-10-8-6-4-2/h7-20H2,1-2H3. The number of rotatable bonds is 14. The minimum Gasteiger partial charge on any atom is -0.300 e. The fourth-order valence-corrected chi connectivity index (χ4v) is 2.51. The number of hydrogen-bond donors (Lipinski definition) is 0. The van der Waals surface area contributed by atoms with Gasteiger partial charge in [-0.15, -0.1) is 23.7 Å². The van der Waals surface area contributed by atoms with Gasteiger partial charge in [0, 0.05) is 25.7 Å². The van der Waals surface area contributed by atoms with Crippen LogP contribution in [0.15, 0.2) is 0 Å². The Balaban J connectivity index is 3.21. The number of unbranched alkanes of at least 4 members (excludes halogenated alkanes) is 10. The highest BCUT2D eigenvalue weighted by Gasteiger charge is 2.01. The largest absolute Gasteiger partial charge is 0.300 e. The van der Waals surface area contributed by atoms with Crippen LogP contribution in [-0.2, 0) is 4.79 Å². The van der Waals surface area contributed by atoms with Crippen molar-refractivity contribution < 1.29 is 4.79 Å². The lowest BCUT2D eigenvalue weighted by molar-refractivity contribution is -0.119. The summed E-state index contributed by atoms with van der Waals surface area (Å²) < 4.78 is 0. The molecule has 0 aliphatic rings. The van der Waals surface area contributed by atoms with Crippen molar-refractivity contribution in [2.45, 2.75) is 104 Å². The Hall–Kier alpha value is -1.21. The maximum absolute atomic E-state index is 11.8. The Labute approximate surface area is 138 Å². The Morgan fingerprint density at radius 1 is 0.591 bits per heavy atom. The lowest BCUT2D eigenvalue weighted by atomic mass is 10.0. The van der Waals surface area contributed by atoms with Crippen LogP contribution in [0.2, 0.25) is 0 Å². The van der Waals surface area contributed by atoms with E-state index in [9.17, 15) is 4.79 Å².